The molecule has 1 aromatic rings. The highest BCUT2D eigenvalue weighted by Crippen LogP contribution is 2.27. The van der Waals surface area contributed by atoms with Crippen molar-refractivity contribution >= 4 is 20.7 Å². The molecule has 0 aliphatic rings. The van der Waals surface area contributed by atoms with E-state index in [4.69, 9.17) is 10.7 Å². The number of aromatic nitrogens is 2. The molecule has 0 aromatic carbocycles. The third kappa shape index (κ3) is 2.88. The molecule has 3 nitrogen and oxygen atoms in total. The highest BCUT2D eigenvalue weighted by molar-refractivity contribution is 8.08. The van der Waals surface area contributed by atoms with Crippen LogP contribution in [0.25, 0.3) is 0 Å². The van der Waals surface area contributed by atoms with Crippen LogP contribution in [0.1, 0.15) is 18.4 Å². The van der Waals surface area contributed by atoms with Gasteiger partial charge in [-0.05, 0) is 17.1 Å². The molecule has 15 heavy (non-hydrogen) atoms. The highest BCUT2D eigenvalue weighted by Gasteiger charge is 2.35. The summed E-state index contributed by atoms with van der Waals surface area (Å²) in [5.41, 5.74) is 0.0469. The molecule has 1 unspecified atom stereocenters. The van der Waals surface area contributed by atoms with Crippen LogP contribution >= 0.6 is 10.7 Å². The Labute approximate surface area is 90.6 Å². The zero-order chi connectivity index (χ0) is 11.6. The molecule has 0 saturated heterocycles. The molecule has 0 saturated carbocycles. The Kier molecular flexibility index (Phi) is 3.67. The first-order valence-corrected chi connectivity index (χ1v) is 5.85. The number of hydrogen-bond donors (Lipinski definition) is 0. The van der Waals surface area contributed by atoms with Gasteiger partial charge in [0.2, 0.25) is 5.82 Å². The van der Waals surface area contributed by atoms with Gasteiger partial charge in [0.25, 0.3) is 0 Å². The van der Waals surface area contributed by atoms with Gasteiger partial charge in [0.05, 0.1) is 10.6 Å². The second-order valence-electron chi connectivity index (χ2n) is 2.58. The fourth-order valence-corrected chi connectivity index (χ4v) is 1.83. The summed E-state index contributed by atoms with van der Waals surface area (Å²) in [6.07, 6.45) is -3.55. The third-order valence-electron chi connectivity index (χ3n) is 1.59. The quantitative estimate of drug-likeness (QED) is 0.765. The lowest BCUT2D eigenvalue weighted by molar-refractivity contribution is -0.145. The molecule has 0 radical (unpaired) electrons. The largest absolute Gasteiger partial charge is 0.451 e. The molecule has 0 aliphatic carbocycles. The fourth-order valence-electron chi connectivity index (χ4n) is 0.930. The van der Waals surface area contributed by atoms with Gasteiger partial charge in [-0.3, -0.25) is 0 Å². The van der Waals surface area contributed by atoms with Crippen LogP contribution in [0.4, 0.5) is 13.2 Å². The number of hydrogen-bond acceptors (Lipinski definition) is 3. The summed E-state index contributed by atoms with van der Waals surface area (Å²) in [5.74, 6) is -1.25. The lowest BCUT2D eigenvalue weighted by Gasteiger charge is -2.07. The van der Waals surface area contributed by atoms with Crippen molar-refractivity contribution in [2.45, 2.75) is 24.4 Å². The Morgan fingerprint density at radius 3 is 2.53 bits per heavy atom. The maximum atomic E-state index is 12.2. The minimum absolute atomic E-state index is 0.0205. The van der Waals surface area contributed by atoms with Gasteiger partial charge in [-0.1, -0.05) is 6.92 Å². The van der Waals surface area contributed by atoms with E-state index in [1.165, 1.54) is 0 Å². The lowest BCUT2D eigenvalue weighted by atomic mass is 10.3. The van der Waals surface area contributed by atoms with E-state index in [-0.39, 0.29) is 17.0 Å². The van der Waals surface area contributed by atoms with Crippen molar-refractivity contribution in [3.05, 3.63) is 17.7 Å². The lowest BCUT2D eigenvalue weighted by Crippen LogP contribution is -2.13. The number of aryl methyl sites for hydroxylation is 1. The van der Waals surface area contributed by atoms with Crippen LogP contribution in [-0.4, -0.2) is 14.2 Å². The first kappa shape index (κ1) is 12.4. The Morgan fingerprint density at radius 1 is 1.53 bits per heavy atom. The maximum Gasteiger partial charge on any atom is 0.451 e. The van der Waals surface area contributed by atoms with E-state index in [2.05, 4.69) is 9.97 Å². The van der Waals surface area contributed by atoms with Gasteiger partial charge in [-0.25, -0.2) is 14.2 Å². The first-order chi connectivity index (χ1) is 6.86. The summed E-state index contributed by atoms with van der Waals surface area (Å²) in [4.78, 5) is 6.36. The number of halogens is 4. The van der Waals surface area contributed by atoms with Crippen LogP contribution in [0, 0.1) is 0 Å². The Morgan fingerprint density at radius 2 is 2.13 bits per heavy atom. The van der Waals surface area contributed by atoms with E-state index >= 15 is 0 Å². The molecule has 1 aromatic heterocycles. The Bertz CT molecular complexity index is 396. The average molecular weight is 259 g/mol. The van der Waals surface area contributed by atoms with Crippen molar-refractivity contribution < 1.29 is 17.4 Å². The van der Waals surface area contributed by atoms with Crippen molar-refractivity contribution in [3.8, 4) is 0 Å². The molecule has 0 N–H and O–H groups in total. The third-order valence-corrected chi connectivity index (χ3v) is 2.78. The molecule has 0 spiro atoms. The van der Waals surface area contributed by atoms with E-state index in [9.17, 15) is 17.4 Å². The van der Waals surface area contributed by atoms with Crippen LogP contribution in [-0.2, 0) is 22.6 Å². The first-order valence-electron chi connectivity index (χ1n) is 3.87. The van der Waals surface area contributed by atoms with Crippen molar-refractivity contribution in [1.82, 2.24) is 9.97 Å². The molecule has 0 amide bonds. The summed E-state index contributed by atoms with van der Waals surface area (Å²) in [6.45, 7) is 1.59. The highest BCUT2D eigenvalue weighted by atomic mass is 35.7. The van der Waals surface area contributed by atoms with Crippen molar-refractivity contribution in [3.63, 3.8) is 0 Å². The van der Waals surface area contributed by atoms with E-state index in [1.807, 2.05) is 0 Å². The van der Waals surface area contributed by atoms with E-state index < -0.39 is 22.0 Å². The molecule has 0 aliphatic heterocycles. The van der Waals surface area contributed by atoms with Gasteiger partial charge in [0.15, 0.2) is 10.0 Å². The average Bonchev–Trinajstić information content (AvgIpc) is 2.15. The van der Waals surface area contributed by atoms with Crippen LogP contribution < -0.4 is 0 Å². The smallest absolute Gasteiger partial charge is 0.237 e. The molecule has 1 atom stereocenters. The second-order valence-corrected chi connectivity index (χ2v) is 4.31. The van der Waals surface area contributed by atoms with Crippen LogP contribution in [0.15, 0.2) is 11.1 Å². The topological polar surface area (TPSA) is 42.9 Å². The van der Waals surface area contributed by atoms with Gasteiger partial charge in [0, 0.05) is 6.20 Å². The standard InChI is InChI=1S/C7H6ClF3N2OS/c1-2-4-5(15(8)14)3-12-6(13-4)7(9,10)11/h3H,2H2,1H3. The van der Waals surface area contributed by atoms with Gasteiger partial charge in [-0.2, -0.15) is 13.2 Å². The number of nitrogens with zero attached hydrogens (tertiary/aromatic N) is 2. The summed E-state index contributed by atoms with van der Waals surface area (Å²) < 4.78 is 47.5. The molecule has 0 bridgehead atoms. The van der Waals surface area contributed by atoms with Crippen molar-refractivity contribution in [1.29, 1.82) is 0 Å². The Hall–Kier alpha value is -0.690. The van der Waals surface area contributed by atoms with Gasteiger partial charge >= 0.3 is 6.18 Å². The van der Waals surface area contributed by atoms with Gasteiger partial charge in [-0.15, -0.1) is 0 Å². The van der Waals surface area contributed by atoms with Crippen LogP contribution in [0.3, 0.4) is 0 Å². The minimum Gasteiger partial charge on any atom is -0.237 e. The van der Waals surface area contributed by atoms with Crippen LogP contribution in [0.5, 0.6) is 0 Å². The summed E-state index contributed by atoms with van der Waals surface area (Å²) >= 11 is 0. The number of rotatable bonds is 2. The van der Waals surface area contributed by atoms with E-state index in [0.29, 0.717) is 0 Å². The fraction of sp³-hybridized carbons (Fsp3) is 0.429. The number of alkyl halides is 3. The van der Waals surface area contributed by atoms with Gasteiger partial charge < -0.3 is 0 Å². The molecular weight excluding hydrogens is 253 g/mol. The summed E-state index contributed by atoms with van der Waals surface area (Å²) in [6, 6.07) is 0. The SMILES string of the molecule is CCc1nc(C(F)(F)F)ncc1S(=O)Cl. The predicted molar refractivity (Wildman–Crippen MR) is 48.7 cm³/mol. The summed E-state index contributed by atoms with van der Waals surface area (Å²) in [5, 5.41) is 0. The van der Waals surface area contributed by atoms with E-state index in [0.717, 1.165) is 6.20 Å². The van der Waals surface area contributed by atoms with E-state index in [1.54, 1.807) is 6.92 Å². The molecule has 84 valence electrons. The maximum absolute atomic E-state index is 12.2. The monoisotopic (exact) mass is 258 g/mol. The van der Waals surface area contributed by atoms with Crippen molar-refractivity contribution in [2.75, 3.05) is 0 Å². The zero-order valence-electron chi connectivity index (χ0n) is 7.51. The summed E-state index contributed by atoms with van der Waals surface area (Å²) in [7, 11) is 3.37. The molecular formula is C7H6ClF3N2OS. The molecule has 8 heteroatoms. The molecule has 0 fully saturated rings. The molecule has 1 heterocycles. The predicted octanol–water partition coefficient (Wildman–Crippen LogP) is 2.32. The van der Waals surface area contributed by atoms with Crippen molar-refractivity contribution in [2.24, 2.45) is 0 Å². The minimum atomic E-state index is -4.60. The zero-order valence-corrected chi connectivity index (χ0v) is 9.08. The van der Waals surface area contributed by atoms with Gasteiger partial charge in [0.1, 0.15) is 0 Å². The van der Waals surface area contributed by atoms with Crippen LogP contribution in [0.2, 0.25) is 0 Å². The molecule has 1 rings (SSSR count). The normalized spacial score (nSPS) is 13.9. The Balaban J connectivity index is 3.25. The second kappa shape index (κ2) is 4.44.